The maximum absolute atomic E-state index is 12.7. The van der Waals surface area contributed by atoms with Crippen LogP contribution in [0.5, 0.6) is 5.75 Å². The number of ether oxygens (including phenoxy) is 2. The SMILES string of the molecule is C=CCOC(=O)C1=C(C)Nc2ncnn2[C@@H]1c1ccccc1OCC. The highest BCUT2D eigenvalue weighted by atomic mass is 16.5. The highest BCUT2D eigenvalue weighted by Gasteiger charge is 2.35. The Morgan fingerprint density at radius 3 is 3.00 bits per heavy atom. The van der Waals surface area contributed by atoms with Gasteiger partial charge in [-0.25, -0.2) is 9.48 Å². The van der Waals surface area contributed by atoms with Gasteiger partial charge in [-0.2, -0.15) is 10.1 Å². The first-order valence-corrected chi connectivity index (χ1v) is 8.04. The standard InChI is InChI=1S/C18H20N4O3/c1-4-10-25-17(23)15-12(3)21-18-19-11-20-22(18)16(15)13-8-6-7-9-14(13)24-5-2/h4,6-9,11,16H,1,5,10H2,2-3H3,(H,19,20,21)/t16-/m1/s1. The van der Waals surface area contributed by atoms with Crippen molar-refractivity contribution in [3.63, 3.8) is 0 Å². The third kappa shape index (κ3) is 3.13. The summed E-state index contributed by atoms with van der Waals surface area (Å²) in [6.45, 7) is 7.98. The molecule has 0 amide bonds. The molecule has 2 heterocycles. The molecule has 0 saturated heterocycles. The number of carbonyl (C=O) groups excluding carboxylic acids is 1. The largest absolute Gasteiger partial charge is 0.494 e. The number of benzene rings is 1. The van der Waals surface area contributed by atoms with Gasteiger partial charge in [-0.1, -0.05) is 30.9 Å². The second-order valence-corrected chi connectivity index (χ2v) is 5.45. The zero-order valence-electron chi connectivity index (χ0n) is 14.2. The second-order valence-electron chi connectivity index (χ2n) is 5.45. The fourth-order valence-corrected chi connectivity index (χ4v) is 2.85. The van der Waals surface area contributed by atoms with Crippen molar-refractivity contribution in [1.82, 2.24) is 14.8 Å². The van der Waals surface area contributed by atoms with Gasteiger partial charge in [0.1, 0.15) is 24.7 Å². The number of hydrogen-bond acceptors (Lipinski definition) is 6. The van der Waals surface area contributed by atoms with Gasteiger partial charge < -0.3 is 14.8 Å². The first-order valence-electron chi connectivity index (χ1n) is 8.04. The molecule has 0 unspecified atom stereocenters. The maximum atomic E-state index is 12.7. The quantitative estimate of drug-likeness (QED) is 0.643. The summed E-state index contributed by atoms with van der Waals surface area (Å²) < 4.78 is 12.7. The molecule has 0 spiro atoms. The van der Waals surface area contributed by atoms with Crippen molar-refractivity contribution in [2.75, 3.05) is 18.5 Å². The predicted octanol–water partition coefficient (Wildman–Crippen LogP) is 2.69. The van der Waals surface area contributed by atoms with E-state index in [2.05, 4.69) is 22.0 Å². The Kier molecular flexibility index (Phi) is 4.83. The molecule has 1 aliphatic heterocycles. The van der Waals surface area contributed by atoms with Crippen LogP contribution in [-0.2, 0) is 9.53 Å². The number of fused-ring (bicyclic) bond motifs is 1. The van der Waals surface area contributed by atoms with Gasteiger partial charge in [0, 0.05) is 11.3 Å². The molecule has 7 nitrogen and oxygen atoms in total. The topological polar surface area (TPSA) is 78.3 Å². The van der Waals surface area contributed by atoms with Gasteiger partial charge in [0.2, 0.25) is 5.95 Å². The van der Waals surface area contributed by atoms with E-state index in [4.69, 9.17) is 9.47 Å². The predicted molar refractivity (Wildman–Crippen MR) is 93.3 cm³/mol. The molecule has 1 N–H and O–H groups in total. The van der Waals surface area contributed by atoms with Crippen molar-refractivity contribution in [3.05, 3.63) is 60.1 Å². The van der Waals surface area contributed by atoms with Crippen molar-refractivity contribution in [2.45, 2.75) is 19.9 Å². The summed E-state index contributed by atoms with van der Waals surface area (Å²) in [7, 11) is 0. The minimum absolute atomic E-state index is 0.139. The summed E-state index contributed by atoms with van der Waals surface area (Å²) in [4.78, 5) is 16.9. The summed E-state index contributed by atoms with van der Waals surface area (Å²) in [6.07, 6.45) is 2.98. The minimum atomic E-state index is -0.487. The summed E-state index contributed by atoms with van der Waals surface area (Å²) in [5, 5.41) is 7.39. The van der Waals surface area contributed by atoms with Crippen molar-refractivity contribution >= 4 is 11.9 Å². The highest BCUT2D eigenvalue weighted by Crippen LogP contribution is 2.39. The lowest BCUT2D eigenvalue weighted by molar-refractivity contribution is -0.138. The van der Waals surface area contributed by atoms with E-state index in [1.165, 1.54) is 12.4 Å². The van der Waals surface area contributed by atoms with Crippen molar-refractivity contribution < 1.29 is 14.3 Å². The average Bonchev–Trinajstić information content (AvgIpc) is 3.07. The number of hydrogen-bond donors (Lipinski definition) is 1. The fourth-order valence-electron chi connectivity index (χ4n) is 2.85. The molecule has 1 aliphatic rings. The van der Waals surface area contributed by atoms with Gasteiger partial charge in [0.05, 0.1) is 12.2 Å². The van der Waals surface area contributed by atoms with Crippen molar-refractivity contribution in [1.29, 1.82) is 0 Å². The van der Waals surface area contributed by atoms with E-state index in [-0.39, 0.29) is 6.61 Å². The molecule has 0 radical (unpaired) electrons. The normalized spacial score (nSPS) is 16.0. The number of aromatic nitrogens is 3. The molecule has 0 aliphatic carbocycles. The van der Waals surface area contributed by atoms with Gasteiger partial charge in [-0.15, -0.1) is 0 Å². The van der Waals surface area contributed by atoms with Crippen LogP contribution in [0.1, 0.15) is 25.5 Å². The number of nitrogens with zero attached hydrogens (tertiary/aromatic N) is 3. The number of carbonyl (C=O) groups is 1. The number of allylic oxidation sites excluding steroid dienone is 1. The lowest BCUT2D eigenvalue weighted by Gasteiger charge is -2.29. The lowest BCUT2D eigenvalue weighted by atomic mass is 9.95. The molecule has 0 bridgehead atoms. The zero-order chi connectivity index (χ0) is 17.8. The molecule has 2 aromatic rings. The van der Waals surface area contributed by atoms with Crippen molar-refractivity contribution in [3.8, 4) is 5.75 Å². The van der Waals surface area contributed by atoms with E-state index < -0.39 is 12.0 Å². The molecule has 130 valence electrons. The number of anilines is 1. The van der Waals surface area contributed by atoms with Crippen molar-refractivity contribution in [2.24, 2.45) is 0 Å². The summed E-state index contributed by atoms with van der Waals surface area (Å²) in [6, 6.07) is 7.10. The Labute approximate surface area is 146 Å². The molecule has 0 fully saturated rings. The Balaban J connectivity index is 2.13. The fraction of sp³-hybridized carbons (Fsp3) is 0.278. The van der Waals surface area contributed by atoms with Crippen LogP contribution in [0.4, 0.5) is 5.95 Å². The lowest BCUT2D eigenvalue weighted by Crippen LogP contribution is -2.30. The maximum Gasteiger partial charge on any atom is 0.338 e. The van der Waals surface area contributed by atoms with Crippen LogP contribution >= 0.6 is 0 Å². The highest BCUT2D eigenvalue weighted by molar-refractivity contribution is 5.92. The second kappa shape index (κ2) is 7.21. The molecular formula is C18H20N4O3. The van der Waals surface area contributed by atoms with Gasteiger partial charge >= 0.3 is 5.97 Å². The number of para-hydroxylation sites is 1. The average molecular weight is 340 g/mol. The van der Waals surface area contributed by atoms with E-state index in [0.717, 1.165) is 5.56 Å². The van der Waals surface area contributed by atoms with Gasteiger partial charge in [-0.05, 0) is 19.9 Å². The molecular weight excluding hydrogens is 320 g/mol. The van der Waals surface area contributed by atoms with Crippen LogP contribution in [0.15, 0.2) is 54.5 Å². The first kappa shape index (κ1) is 16.8. The number of rotatable bonds is 6. The van der Waals surface area contributed by atoms with E-state index in [9.17, 15) is 4.79 Å². The molecule has 25 heavy (non-hydrogen) atoms. The summed E-state index contributed by atoms with van der Waals surface area (Å²) in [5.74, 6) is 0.830. The number of nitrogens with one attached hydrogen (secondary N) is 1. The van der Waals surface area contributed by atoms with Crippen LogP contribution in [0.25, 0.3) is 0 Å². The van der Waals surface area contributed by atoms with Crippen LogP contribution in [-0.4, -0.2) is 33.9 Å². The summed E-state index contributed by atoms with van der Waals surface area (Å²) in [5.41, 5.74) is 1.96. The third-order valence-electron chi connectivity index (χ3n) is 3.86. The zero-order valence-corrected chi connectivity index (χ0v) is 14.2. The molecule has 7 heteroatoms. The summed E-state index contributed by atoms with van der Waals surface area (Å²) >= 11 is 0. The van der Waals surface area contributed by atoms with Crippen LogP contribution in [0.3, 0.4) is 0 Å². The van der Waals surface area contributed by atoms with E-state index >= 15 is 0 Å². The Morgan fingerprint density at radius 1 is 1.44 bits per heavy atom. The molecule has 3 rings (SSSR count). The van der Waals surface area contributed by atoms with Crippen LogP contribution in [0.2, 0.25) is 0 Å². The Bertz CT molecular complexity index is 825. The van der Waals surface area contributed by atoms with E-state index in [0.29, 0.717) is 29.6 Å². The Morgan fingerprint density at radius 2 is 2.24 bits per heavy atom. The smallest absolute Gasteiger partial charge is 0.338 e. The van der Waals surface area contributed by atoms with Gasteiger partial charge in [0.15, 0.2) is 0 Å². The van der Waals surface area contributed by atoms with Gasteiger partial charge in [-0.3, -0.25) is 0 Å². The van der Waals surface area contributed by atoms with E-state index in [1.807, 2.05) is 38.1 Å². The Hall–Kier alpha value is -3.09. The monoisotopic (exact) mass is 340 g/mol. The van der Waals surface area contributed by atoms with Crippen LogP contribution < -0.4 is 10.1 Å². The molecule has 0 saturated carbocycles. The molecule has 1 atom stereocenters. The van der Waals surface area contributed by atoms with Crippen LogP contribution in [0, 0.1) is 0 Å². The van der Waals surface area contributed by atoms with Gasteiger partial charge in [0.25, 0.3) is 0 Å². The molecule has 1 aromatic heterocycles. The minimum Gasteiger partial charge on any atom is -0.494 e. The van der Waals surface area contributed by atoms with E-state index in [1.54, 1.807) is 4.68 Å². The third-order valence-corrected chi connectivity index (χ3v) is 3.86. The molecule has 1 aromatic carbocycles. The number of esters is 1. The first-order chi connectivity index (χ1) is 12.2.